The topological polar surface area (TPSA) is 52.6 Å². The number of carboxylic acid groups (broad SMARTS) is 1. The van der Waals surface area contributed by atoms with Gasteiger partial charge >= 0.3 is 5.97 Å². The summed E-state index contributed by atoms with van der Waals surface area (Å²) in [6.45, 7) is 5.43. The molecule has 2 atom stereocenters. The van der Waals surface area contributed by atoms with E-state index in [1.54, 1.807) is 0 Å². The van der Waals surface area contributed by atoms with E-state index in [0.29, 0.717) is 0 Å². The van der Waals surface area contributed by atoms with Gasteiger partial charge in [0.25, 0.3) is 0 Å². The molecule has 4 nitrogen and oxygen atoms in total. The number of carboxylic acids is 1. The molecular formula is C16H24N2O2. The highest BCUT2D eigenvalue weighted by Gasteiger charge is 2.24. The Morgan fingerprint density at radius 2 is 2.10 bits per heavy atom. The second kappa shape index (κ2) is 7.41. The minimum Gasteiger partial charge on any atom is -0.480 e. The van der Waals surface area contributed by atoms with Gasteiger partial charge in [0, 0.05) is 6.04 Å². The van der Waals surface area contributed by atoms with Gasteiger partial charge in [-0.15, -0.1) is 0 Å². The molecule has 1 saturated heterocycles. The second-order valence-corrected chi connectivity index (χ2v) is 5.41. The lowest BCUT2D eigenvalue weighted by molar-refractivity contribution is -0.139. The van der Waals surface area contributed by atoms with Crippen molar-refractivity contribution in [2.75, 3.05) is 19.6 Å². The third-order valence-electron chi connectivity index (χ3n) is 4.05. The van der Waals surface area contributed by atoms with Crippen molar-refractivity contribution < 1.29 is 9.90 Å². The number of nitrogens with zero attached hydrogens (tertiary/aromatic N) is 1. The maximum Gasteiger partial charge on any atom is 0.325 e. The van der Waals surface area contributed by atoms with Crippen LogP contribution in [0, 0.1) is 0 Å². The van der Waals surface area contributed by atoms with Crippen molar-refractivity contribution >= 4 is 5.97 Å². The molecule has 1 heterocycles. The highest BCUT2D eigenvalue weighted by molar-refractivity contribution is 5.75. The summed E-state index contributed by atoms with van der Waals surface area (Å²) in [6, 6.07) is 9.12. The molecule has 2 rings (SSSR count). The van der Waals surface area contributed by atoms with Crippen LogP contribution in [0.3, 0.4) is 0 Å². The Hall–Kier alpha value is -1.39. The molecule has 1 aromatic carbocycles. The lowest BCUT2D eigenvalue weighted by Crippen LogP contribution is -2.37. The molecule has 1 aliphatic heterocycles. The van der Waals surface area contributed by atoms with Crippen molar-refractivity contribution in [3.63, 3.8) is 0 Å². The number of aliphatic carboxylic acids is 1. The first-order chi connectivity index (χ1) is 9.70. The summed E-state index contributed by atoms with van der Waals surface area (Å²) in [7, 11) is 0. The molecule has 1 fully saturated rings. The minimum atomic E-state index is -0.798. The Balaban J connectivity index is 2.00. The molecule has 1 aliphatic rings. The maximum atomic E-state index is 11.5. The predicted molar refractivity (Wildman–Crippen MR) is 79.7 cm³/mol. The van der Waals surface area contributed by atoms with Crippen LogP contribution < -0.4 is 5.32 Å². The molecule has 0 amide bonds. The van der Waals surface area contributed by atoms with Gasteiger partial charge in [-0.2, -0.15) is 0 Å². The summed E-state index contributed by atoms with van der Waals surface area (Å²) in [6.07, 6.45) is 3.20. The molecule has 110 valence electrons. The van der Waals surface area contributed by atoms with Gasteiger partial charge in [-0.25, -0.2) is 0 Å². The molecule has 4 heteroatoms. The van der Waals surface area contributed by atoms with Crippen LogP contribution >= 0.6 is 0 Å². The van der Waals surface area contributed by atoms with Gasteiger partial charge in [0.2, 0.25) is 0 Å². The van der Waals surface area contributed by atoms with Crippen LogP contribution in [0.25, 0.3) is 0 Å². The smallest absolute Gasteiger partial charge is 0.325 e. The predicted octanol–water partition coefficient (Wildman–Crippen LogP) is 2.28. The Kier molecular flexibility index (Phi) is 5.56. The van der Waals surface area contributed by atoms with Crippen molar-refractivity contribution in [3.8, 4) is 0 Å². The zero-order valence-corrected chi connectivity index (χ0v) is 12.1. The fourth-order valence-electron chi connectivity index (χ4n) is 2.83. The van der Waals surface area contributed by atoms with Crippen molar-refractivity contribution in [3.05, 3.63) is 35.9 Å². The van der Waals surface area contributed by atoms with E-state index in [4.69, 9.17) is 0 Å². The van der Waals surface area contributed by atoms with Crippen molar-refractivity contribution in [2.24, 2.45) is 0 Å². The first-order valence-corrected chi connectivity index (χ1v) is 7.47. The summed E-state index contributed by atoms with van der Waals surface area (Å²) in [4.78, 5) is 13.9. The lowest BCUT2D eigenvalue weighted by atomic mass is 10.0. The molecule has 0 bridgehead atoms. The molecule has 0 aromatic heterocycles. The van der Waals surface area contributed by atoms with Gasteiger partial charge in [-0.05, 0) is 44.5 Å². The highest BCUT2D eigenvalue weighted by atomic mass is 16.4. The normalized spacial score (nSPS) is 22.1. The number of benzene rings is 1. The Morgan fingerprint density at radius 1 is 1.35 bits per heavy atom. The van der Waals surface area contributed by atoms with Gasteiger partial charge in [-0.3, -0.25) is 10.1 Å². The van der Waals surface area contributed by atoms with Gasteiger partial charge in [0.1, 0.15) is 6.04 Å². The van der Waals surface area contributed by atoms with E-state index in [1.807, 2.05) is 30.3 Å². The fourth-order valence-corrected chi connectivity index (χ4v) is 2.83. The van der Waals surface area contributed by atoms with Crippen LogP contribution in [0.5, 0.6) is 0 Å². The molecule has 0 spiro atoms. The third-order valence-corrected chi connectivity index (χ3v) is 4.05. The molecule has 2 N–H and O–H groups in total. The van der Waals surface area contributed by atoms with Crippen LogP contribution in [0.2, 0.25) is 0 Å². The SMILES string of the molecule is CCN1CCCC(NC(C(=O)O)c2ccccc2)CC1. The maximum absolute atomic E-state index is 11.5. The molecule has 2 unspecified atom stereocenters. The van der Waals surface area contributed by atoms with Gasteiger partial charge in [0.05, 0.1) is 0 Å². The van der Waals surface area contributed by atoms with Crippen molar-refractivity contribution in [2.45, 2.75) is 38.3 Å². The van der Waals surface area contributed by atoms with Crippen LogP contribution in [-0.4, -0.2) is 41.7 Å². The van der Waals surface area contributed by atoms with E-state index in [2.05, 4.69) is 17.1 Å². The van der Waals surface area contributed by atoms with Crippen LogP contribution in [0.1, 0.15) is 37.8 Å². The molecule has 0 saturated carbocycles. The van der Waals surface area contributed by atoms with Gasteiger partial charge in [0.15, 0.2) is 0 Å². The zero-order chi connectivity index (χ0) is 14.4. The lowest BCUT2D eigenvalue weighted by Gasteiger charge is -2.23. The average Bonchev–Trinajstić information content (AvgIpc) is 2.70. The first-order valence-electron chi connectivity index (χ1n) is 7.47. The molecule has 1 aromatic rings. The molecular weight excluding hydrogens is 252 g/mol. The third kappa shape index (κ3) is 4.05. The fraction of sp³-hybridized carbons (Fsp3) is 0.562. The van der Waals surface area contributed by atoms with E-state index in [-0.39, 0.29) is 6.04 Å². The van der Waals surface area contributed by atoms with Crippen LogP contribution in [0.15, 0.2) is 30.3 Å². The number of nitrogens with one attached hydrogen (secondary N) is 1. The van der Waals surface area contributed by atoms with Crippen molar-refractivity contribution in [1.29, 1.82) is 0 Å². The van der Waals surface area contributed by atoms with Crippen LogP contribution in [0.4, 0.5) is 0 Å². The summed E-state index contributed by atoms with van der Waals surface area (Å²) in [5.41, 5.74) is 0.830. The number of hydrogen-bond acceptors (Lipinski definition) is 3. The van der Waals surface area contributed by atoms with Crippen LogP contribution in [-0.2, 0) is 4.79 Å². The standard InChI is InChI=1S/C16H24N2O2/c1-2-18-11-6-9-14(10-12-18)17-15(16(19)20)13-7-4-3-5-8-13/h3-5,7-8,14-15,17H,2,6,9-12H2,1H3,(H,19,20). The van der Waals surface area contributed by atoms with E-state index in [1.165, 1.54) is 0 Å². The number of likely N-dealkylation sites (tertiary alicyclic amines) is 1. The van der Waals surface area contributed by atoms with E-state index < -0.39 is 12.0 Å². The van der Waals surface area contributed by atoms with E-state index in [0.717, 1.165) is 44.5 Å². The quantitative estimate of drug-likeness (QED) is 0.866. The number of hydrogen-bond donors (Lipinski definition) is 2. The second-order valence-electron chi connectivity index (χ2n) is 5.41. The summed E-state index contributed by atoms with van der Waals surface area (Å²) >= 11 is 0. The Morgan fingerprint density at radius 3 is 2.75 bits per heavy atom. The number of rotatable bonds is 5. The largest absolute Gasteiger partial charge is 0.480 e. The zero-order valence-electron chi connectivity index (χ0n) is 12.1. The summed E-state index contributed by atoms with van der Waals surface area (Å²) in [5, 5.41) is 12.8. The minimum absolute atomic E-state index is 0.285. The Labute approximate surface area is 120 Å². The average molecular weight is 276 g/mol. The molecule has 20 heavy (non-hydrogen) atoms. The Bertz CT molecular complexity index is 422. The monoisotopic (exact) mass is 276 g/mol. The molecule has 0 radical (unpaired) electrons. The highest BCUT2D eigenvalue weighted by Crippen LogP contribution is 2.18. The van der Waals surface area contributed by atoms with Crippen molar-refractivity contribution in [1.82, 2.24) is 10.2 Å². The molecule has 0 aliphatic carbocycles. The van der Waals surface area contributed by atoms with E-state index in [9.17, 15) is 9.90 Å². The van der Waals surface area contributed by atoms with E-state index >= 15 is 0 Å². The van der Waals surface area contributed by atoms with Gasteiger partial charge < -0.3 is 10.0 Å². The summed E-state index contributed by atoms with van der Waals surface area (Å²) in [5.74, 6) is -0.798. The van der Waals surface area contributed by atoms with Gasteiger partial charge in [-0.1, -0.05) is 37.3 Å². The number of carbonyl (C=O) groups is 1. The summed E-state index contributed by atoms with van der Waals surface area (Å²) < 4.78 is 0. The first kappa shape index (κ1) is 15.0.